The average molecular weight is 292 g/mol. The number of amides is 1. The monoisotopic (exact) mass is 292 g/mol. The second kappa shape index (κ2) is 7.19. The zero-order chi connectivity index (χ0) is 15.2. The van der Waals surface area contributed by atoms with E-state index in [0.29, 0.717) is 13.0 Å². The van der Waals surface area contributed by atoms with Gasteiger partial charge < -0.3 is 20.5 Å². The van der Waals surface area contributed by atoms with Gasteiger partial charge in [-0.3, -0.25) is 9.59 Å². The fourth-order valence-electron chi connectivity index (χ4n) is 2.41. The zero-order valence-corrected chi connectivity index (χ0v) is 12.0. The topological polar surface area (TPSA) is 87.7 Å². The Balaban J connectivity index is 1.86. The second-order valence-electron chi connectivity index (χ2n) is 5.11. The Morgan fingerprint density at radius 1 is 1.43 bits per heavy atom. The van der Waals surface area contributed by atoms with E-state index in [4.69, 9.17) is 9.84 Å². The summed E-state index contributed by atoms with van der Waals surface area (Å²) in [5.74, 6) is -1.07. The molecule has 21 heavy (non-hydrogen) atoms. The van der Waals surface area contributed by atoms with Crippen LogP contribution in [0.3, 0.4) is 0 Å². The first-order valence-corrected chi connectivity index (χ1v) is 6.92. The molecule has 2 atom stereocenters. The quantitative estimate of drug-likeness (QED) is 0.702. The molecular formula is C15H20N2O4. The molecule has 0 saturated heterocycles. The van der Waals surface area contributed by atoms with Crippen molar-refractivity contribution in [2.24, 2.45) is 0 Å². The van der Waals surface area contributed by atoms with Crippen LogP contribution in [0.1, 0.15) is 17.5 Å². The number of hydrogen-bond donors (Lipinski definition) is 3. The van der Waals surface area contributed by atoms with Gasteiger partial charge in [-0.05, 0) is 17.5 Å². The van der Waals surface area contributed by atoms with E-state index in [1.54, 1.807) is 0 Å². The normalized spacial score (nSPS) is 18.6. The maximum atomic E-state index is 12.1. The summed E-state index contributed by atoms with van der Waals surface area (Å²) < 4.78 is 5.04. The predicted octanol–water partition coefficient (Wildman–Crippen LogP) is 0.307. The summed E-state index contributed by atoms with van der Waals surface area (Å²) in [6.07, 6.45) is -0.00152. The van der Waals surface area contributed by atoms with Gasteiger partial charge in [0.05, 0.1) is 18.6 Å². The number of aliphatic carboxylic acids is 1. The molecule has 1 aromatic carbocycles. The van der Waals surface area contributed by atoms with E-state index < -0.39 is 12.1 Å². The van der Waals surface area contributed by atoms with Crippen LogP contribution in [0.2, 0.25) is 0 Å². The summed E-state index contributed by atoms with van der Waals surface area (Å²) in [6, 6.07) is 7.73. The van der Waals surface area contributed by atoms with Gasteiger partial charge in [0.25, 0.3) is 0 Å². The average Bonchev–Trinajstić information content (AvgIpc) is 2.50. The van der Waals surface area contributed by atoms with Crippen molar-refractivity contribution in [3.05, 3.63) is 35.4 Å². The minimum absolute atomic E-state index is 0.127. The number of rotatable bonds is 6. The van der Waals surface area contributed by atoms with Crippen molar-refractivity contribution in [1.82, 2.24) is 10.6 Å². The van der Waals surface area contributed by atoms with Crippen LogP contribution >= 0.6 is 0 Å². The number of fused-ring (bicyclic) bond motifs is 1. The number of carbonyl (C=O) groups is 2. The number of ether oxygens (including phenoxy) is 1. The molecule has 0 aromatic heterocycles. The molecule has 0 bridgehead atoms. The Bertz CT molecular complexity index is 518. The first-order chi connectivity index (χ1) is 10.1. The molecule has 1 aliphatic rings. The fourth-order valence-corrected chi connectivity index (χ4v) is 2.41. The highest BCUT2D eigenvalue weighted by Crippen LogP contribution is 2.16. The number of hydrogen-bond acceptors (Lipinski definition) is 4. The molecule has 0 saturated carbocycles. The van der Waals surface area contributed by atoms with Crippen molar-refractivity contribution in [2.45, 2.75) is 31.5 Å². The SMILES string of the molecule is COC(CNC(=O)C1Cc2ccccc2CN1)CC(=O)O. The number of carboxylic acids is 1. The van der Waals surface area contributed by atoms with E-state index in [2.05, 4.69) is 10.6 Å². The molecule has 1 aliphatic heterocycles. The summed E-state index contributed by atoms with van der Waals surface area (Å²) >= 11 is 0. The lowest BCUT2D eigenvalue weighted by Gasteiger charge is -2.26. The Hall–Kier alpha value is -1.92. The molecule has 3 N–H and O–H groups in total. The van der Waals surface area contributed by atoms with Gasteiger partial charge in [0.15, 0.2) is 0 Å². The largest absolute Gasteiger partial charge is 0.481 e. The molecule has 1 aromatic rings. The third-order valence-electron chi connectivity index (χ3n) is 3.64. The van der Waals surface area contributed by atoms with Gasteiger partial charge in [0.2, 0.25) is 5.91 Å². The fraction of sp³-hybridized carbons (Fsp3) is 0.467. The number of carbonyl (C=O) groups excluding carboxylic acids is 1. The van der Waals surface area contributed by atoms with Crippen LogP contribution in [0.15, 0.2) is 24.3 Å². The van der Waals surface area contributed by atoms with Gasteiger partial charge in [-0.2, -0.15) is 0 Å². The van der Waals surface area contributed by atoms with Crippen LogP contribution in [0.5, 0.6) is 0 Å². The van der Waals surface area contributed by atoms with E-state index in [1.165, 1.54) is 18.2 Å². The standard InChI is InChI=1S/C15H20N2O4/c1-21-12(7-14(18)19)9-17-15(20)13-6-10-4-2-3-5-11(10)8-16-13/h2-5,12-13,16H,6-9H2,1H3,(H,17,20)(H,18,19). The van der Waals surface area contributed by atoms with Crippen LogP contribution in [-0.4, -0.2) is 42.8 Å². The molecule has 6 nitrogen and oxygen atoms in total. The molecule has 114 valence electrons. The van der Waals surface area contributed by atoms with Crippen LogP contribution in [0.4, 0.5) is 0 Å². The molecule has 0 aliphatic carbocycles. The van der Waals surface area contributed by atoms with E-state index in [9.17, 15) is 9.59 Å². The molecule has 0 radical (unpaired) electrons. The van der Waals surface area contributed by atoms with Gasteiger partial charge in [0, 0.05) is 20.2 Å². The molecule has 2 unspecified atom stereocenters. The molecule has 0 spiro atoms. The zero-order valence-electron chi connectivity index (χ0n) is 12.0. The van der Waals surface area contributed by atoms with Crippen molar-refractivity contribution in [3.63, 3.8) is 0 Å². The predicted molar refractivity (Wildman–Crippen MR) is 76.8 cm³/mol. The highest BCUT2D eigenvalue weighted by molar-refractivity contribution is 5.82. The van der Waals surface area contributed by atoms with Crippen LogP contribution < -0.4 is 10.6 Å². The molecule has 6 heteroatoms. The van der Waals surface area contributed by atoms with Crippen molar-refractivity contribution in [1.29, 1.82) is 0 Å². The number of methoxy groups -OCH3 is 1. The summed E-state index contributed by atoms with van der Waals surface area (Å²) in [6.45, 7) is 0.860. The molecule has 1 amide bonds. The van der Waals surface area contributed by atoms with E-state index >= 15 is 0 Å². The lowest BCUT2D eigenvalue weighted by Crippen LogP contribution is -2.49. The van der Waals surface area contributed by atoms with Crippen molar-refractivity contribution in [3.8, 4) is 0 Å². The minimum Gasteiger partial charge on any atom is -0.481 e. The smallest absolute Gasteiger partial charge is 0.306 e. The van der Waals surface area contributed by atoms with Crippen LogP contribution in [0.25, 0.3) is 0 Å². The highest BCUT2D eigenvalue weighted by atomic mass is 16.5. The van der Waals surface area contributed by atoms with Crippen LogP contribution in [0, 0.1) is 0 Å². The Morgan fingerprint density at radius 2 is 2.14 bits per heavy atom. The maximum Gasteiger partial charge on any atom is 0.306 e. The van der Waals surface area contributed by atoms with Gasteiger partial charge in [0.1, 0.15) is 0 Å². The number of nitrogens with one attached hydrogen (secondary N) is 2. The van der Waals surface area contributed by atoms with Crippen molar-refractivity contribution in [2.75, 3.05) is 13.7 Å². The molecule has 2 rings (SSSR count). The van der Waals surface area contributed by atoms with Crippen molar-refractivity contribution < 1.29 is 19.4 Å². The number of carboxylic acid groups (broad SMARTS) is 1. The highest BCUT2D eigenvalue weighted by Gasteiger charge is 2.24. The van der Waals surface area contributed by atoms with E-state index in [1.807, 2.05) is 24.3 Å². The Kier molecular flexibility index (Phi) is 5.30. The second-order valence-corrected chi connectivity index (χ2v) is 5.11. The molecule has 1 heterocycles. The summed E-state index contributed by atoms with van der Waals surface area (Å²) in [4.78, 5) is 22.8. The first kappa shape index (κ1) is 15.5. The van der Waals surface area contributed by atoms with Crippen molar-refractivity contribution >= 4 is 11.9 Å². The first-order valence-electron chi connectivity index (χ1n) is 6.92. The lowest BCUT2D eigenvalue weighted by molar-refractivity contribution is -0.140. The summed E-state index contributed by atoms with van der Waals surface area (Å²) in [5.41, 5.74) is 2.38. The maximum absolute atomic E-state index is 12.1. The van der Waals surface area contributed by atoms with E-state index in [0.717, 1.165) is 0 Å². The van der Waals surface area contributed by atoms with Gasteiger partial charge in [-0.25, -0.2) is 0 Å². The van der Waals surface area contributed by atoms with Gasteiger partial charge in [-0.1, -0.05) is 24.3 Å². The Labute approximate surface area is 123 Å². The third kappa shape index (κ3) is 4.27. The lowest BCUT2D eigenvalue weighted by atomic mass is 9.95. The number of benzene rings is 1. The van der Waals surface area contributed by atoms with Gasteiger partial charge in [-0.15, -0.1) is 0 Å². The van der Waals surface area contributed by atoms with Crippen LogP contribution in [-0.2, 0) is 27.3 Å². The van der Waals surface area contributed by atoms with Gasteiger partial charge >= 0.3 is 5.97 Å². The third-order valence-corrected chi connectivity index (χ3v) is 3.64. The summed E-state index contributed by atoms with van der Waals surface area (Å²) in [5, 5.41) is 14.7. The Morgan fingerprint density at radius 3 is 2.81 bits per heavy atom. The van der Waals surface area contributed by atoms with E-state index in [-0.39, 0.29) is 24.9 Å². The molecule has 0 fully saturated rings. The minimum atomic E-state index is -0.944. The summed E-state index contributed by atoms with van der Waals surface area (Å²) in [7, 11) is 1.44. The molecular weight excluding hydrogens is 272 g/mol.